The van der Waals surface area contributed by atoms with Crippen LogP contribution >= 0.6 is 0 Å². The highest BCUT2D eigenvalue weighted by atomic mass is 16.7. The highest BCUT2D eigenvalue weighted by Crippen LogP contribution is 2.37. The molecule has 1 heterocycles. The van der Waals surface area contributed by atoms with Crippen LogP contribution in [0.5, 0.6) is 5.75 Å². The number of methoxy groups -OCH3 is 1. The third-order valence-electron chi connectivity index (χ3n) is 4.21. The lowest BCUT2D eigenvalue weighted by atomic mass is 9.78. The Balaban J connectivity index is 1.97. The summed E-state index contributed by atoms with van der Waals surface area (Å²) in [7, 11) is 1.68. The topological polar surface area (TPSA) is 21.7 Å². The summed E-state index contributed by atoms with van der Waals surface area (Å²) in [5.74, 6) is 0.883. The summed E-state index contributed by atoms with van der Waals surface area (Å²) < 4.78 is 5.17. The number of hydrogen-bond acceptors (Lipinski definition) is 3. The largest absolute Gasteiger partial charge is 0.497 e. The second-order valence-corrected chi connectivity index (χ2v) is 7.13. The van der Waals surface area contributed by atoms with Gasteiger partial charge in [0.25, 0.3) is 0 Å². The van der Waals surface area contributed by atoms with Crippen molar-refractivity contribution in [1.29, 1.82) is 0 Å². The maximum atomic E-state index is 6.09. The van der Waals surface area contributed by atoms with E-state index in [0.717, 1.165) is 12.3 Å². The first-order valence-electron chi connectivity index (χ1n) is 7.36. The molecule has 0 aromatic heterocycles. The van der Waals surface area contributed by atoms with Crippen molar-refractivity contribution < 1.29 is 9.57 Å². The summed E-state index contributed by atoms with van der Waals surface area (Å²) in [6.07, 6.45) is 2.42. The first-order chi connectivity index (χ1) is 9.32. The molecule has 1 fully saturated rings. The van der Waals surface area contributed by atoms with Gasteiger partial charge >= 0.3 is 0 Å². The lowest BCUT2D eigenvalue weighted by molar-refractivity contribution is -0.253. The Morgan fingerprint density at radius 1 is 1.05 bits per heavy atom. The molecule has 20 heavy (non-hydrogen) atoms. The summed E-state index contributed by atoms with van der Waals surface area (Å²) in [4.78, 5) is 6.09. The predicted molar refractivity (Wildman–Crippen MR) is 81.6 cm³/mol. The van der Waals surface area contributed by atoms with Gasteiger partial charge in [-0.1, -0.05) is 26.0 Å². The van der Waals surface area contributed by atoms with Crippen LogP contribution in [0, 0.1) is 5.41 Å². The van der Waals surface area contributed by atoms with E-state index in [2.05, 4.69) is 44.9 Å². The van der Waals surface area contributed by atoms with Crippen molar-refractivity contribution in [2.75, 3.05) is 13.7 Å². The molecule has 0 bridgehead atoms. The molecule has 1 aromatic carbocycles. The van der Waals surface area contributed by atoms with Gasteiger partial charge in [0.2, 0.25) is 0 Å². The minimum Gasteiger partial charge on any atom is -0.497 e. The number of hydrogen-bond donors (Lipinski definition) is 0. The van der Waals surface area contributed by atoms with Crippen LogP contribution in [-0.2, 0) is 11.4 Å². The van der Waals surface area contributed by atoms with E-state index in [-0.39, 0.29) is 5.54 Å². The monoisotopic (exact) mass is 277 g/mol. The molecule has 0 unspecified atom stereocenters. The number of nitrogens with zero attached hydrogens (tertiary/aromatic N) is 1. The molecule has 0 radical (unpaired) electrons. The lowest BCUT2D eigenvalue weighted by Gasteiger charge is -2.47. The molecule has 1 aliphatic rings. The summed E-state index contributed by atoms with van der Waals surface area (Å²) in [5, 5.41) is 2.17. The normalized spacial score (nSPS) is 21.6. The second kappa shape index (κ2) is 5.74. The van der Waals surface area contributed by atoms with Crippen LogP contribution in [0.2, 0.25) is 0 Å². The van der Waals surface area contributed by atoms with E-state index < -0.39 is 0 Å². The maximum absolute atomic E-state index is 6.09. The van der Waals surface area contributed by atoms with Crippen LogP contribution in [0.1, 0.15) is 46.1 Å². The Bertz CT molecular complexity index is 437. The van der Waals surface area contributed by atoms with Crippen molar-refractivity contribution >= 4 is 0 Å². The van der Waals surface area contributed by atoms with Gasteiger partial charge in [0.1, 0.15) is 5.75 Å². The van der Waals surface area contributed by atoms with Gasteiger partial charge in [0.15, 0.2) is 0 Å². The van der Waals surface area contributed by atoms with E-state index in [9.17, 15) is 0 Å². The zero-order chi connectivity index (χ0) is 14.8. The van der Waals surface area contributed by atoms with Crippen molar-refractivity contribution in [2.24, 2.45) is 5.41 Å². The number of benzene rings is 1. The van der Waals surface area contributed by atoms with Crippen LogP contribution in [0.3, 0.4) is 0 Å². The van der Waals surface area contributed by atoms with Gasteiger partial charge in [0, 0.05) is 12.1 Å². The SMILES string of the molecule is COc1ccc(CON2CC(C)(C)CCC2(C)C)cc1. The average molecular weight is 277 g/mol. The zero-order valence-corrected chi connectivity index (χ0v) is 13.4. The standard InChI is InChI=1S/C17H27NO2/c1-16(2)10-11-17(3,4)18(13-16)20-12-14-6-8-15(19-5)9-7-14/h6-9H,10-13H2,1-5H3. The number of piperidine rings is 1. The molecule has 0 atom stereocenters. The first kappa shape index (κ1) is 15.3. The molecule has 0 aliphatic carbocycles. The van der Waals surface area contributed by atoms with Crippen LogP contribution in [0.4, 0.5) is 0 Å². The molecule has 0 spiro atoms. The number of rotatable bonds is 4. The van der Waals surface area contributed by atoms with E-state index >= 15 is 0 Å². The van der Waals surface area contributed by atoms with Gasteiger partial charge in [-0.25, -0.2) is 0 Å². The van der Waals surface area contributed by atoms with E-state index in [0.29, 0.717) is 12.0 Å². The Morgan fingerprint density at radius 3 is 2.30 bits per heavy atom. The van der Waals surface area contributed by atoms with Gasteiger partial charge in [-0.2, -0.15) is 5.06 Å². The quantitative estimate of drug-likeness (QED) is 0.829. The van der Waals surface area contributed by atoms with Crippen molar-refractivity contribution in [3.63, 3.8) is 0 Å². The van der Waals surface area contributed by atoms with E-state index in [1.807, 2.05) is 12.1 Å². The Hall–Kier alpha value is -1.06. The third-order valence-corrected chi connectivity index (χ3v) is 4.21. The second-order valence-electron chi connectivity index (χ2n) is 7.13. The lowest BCUT2D eigenvalue weighted by Crippen LogP contribution is -2.52. The summed E-state index contributed by atoms with van der Waals surface area (Å²) in [6.45, 7) is 10.7. The van der Waals surface area contributed by atoms with Crippen LogP contribution in [0.25, 0.3) is 0 Å². The van der Waals surface area contributed by atoms with Crippen molar-refractivity contribution in [3.05, 3.63) is 29.8 Å². The van der Waals surface area contributed by atoms with Crippen LogP contribution in [-0.4, -0.2) is 24.3 Å². The maximum Gasteiger partial charge on any atom is 0.118 e. The molecule has 0 N–H and O–H groups in total. The van der Waals surface area contributed by atoms with E-state index in [1.165, 1.54) is 18.4 Å². The fourth-order valence-corrected chi connectivity index (χ4v) is 2.55. The summed E-state index contributed by atoms with van der Waals surface area (Å²) in [6, 6.07) is 8.07. The fraction of sp³-hybridized carbons (Fsp3) is 0.647. The van der Waals surface area contributed by atoms with E-state index in [1.54, 1.807) is 7.11 Å². The van der Waals surface area contributed by atoms with Crippen LogP contribution in [0.15, 0.2) is 24.3 Å². The zero-order valence-electron chi connectivity index (χ0n) is 13.4. The number of ether oxygens (including phenoxy) is 1. The summed E-state index contributed by atoms with van der Waals surface area (Å²) >= 11 is 0. The molecule has 3 heteroatoms. The van der Waals surface area contributed by atoms with Crippen molar-refractivity contribution in [2.45, 2.75) is 52.7 Å². The molecular weight excluding hydrogens is 250 g/mol. The minimum atomic E-state index is 0.113. The highest BCUT2D eigenvalue weighted by molar-refractivity contribution is 5.26. The molecule has 2 rings (SSSR count). The van der Waals surface area contributed by atoms with Gasteiger partial charge < -0.3 is 4.74 Å². The fourth-order valence-electron chi connectivity index (χ4n) is 2.55. The molecule has 1 saturated heterocycles. The average Bonchev–Trinajstić information content (AvgIpc) is 2.41. The van der Waals surface area contributed by atoms with Crippen molar-refractivity contribution in [3.8, 4) is 5.75 Å². The Kier molecular flexibility index (Phi) is 4.40. The molecule has 112 valence electrons. The first-order valence-corrected chi connectivity index (χ1v) is 7.36. The molecule has 0 saturated carbocycles. The van der Waals surface area contributed by atoms with Gasteiger partial charge in [-0.05, 0) is 49.8 Å². The molecule has 3 nitrogen and oxygen atoms in total. The van der Waals surface area contributed by atoms with Gasteiger partial charge in [-0.15, -0.1) is 0 Å². The Labute approximate surface area is 122 Å². The minimum absolute atomic E-state index is 0.113. The third kappa shape index (κ3) is 3.74. The highest BCUT2D eigenvalue weighted by Gasteiger charge is 2.38. The molecule has 1 aliphatic heterocycles. The number of hydroxylamine groups is 2. The predicted octanol–water partition coefficient (Wildman–Crippen LogP) is 4.03. The summed E-state index contributed by atoms with van der Waals surface area (Å²) in [5.41, 5.74) is 1.61. The van der Waals surface area contributed by atoms with Gasteiger partial charge in [-0.3, -0.25) is 4.84 Å². The Morgan fingerprint density at radius 2 is 1.70 bits per heavy atom. The molecule has 0 amide bonds. The molecular formula is C17H27NO2. The smallest absolute Gasteiger partial charge is 0.118 e. The van der Waals surface area contributed by atoms with Crippen LogP contribution < -0.4 is 4.74 Å². The van der Waals surface area contributed by atoms with Crippen molar-refractivity contribution in [1.82, 2.24) is 5.06 Å². The van der Waals surface area contributed by atoms with E-state index in [4.69, 9.17) is 9.57 Å². The van der Waals surface area contributed by atoms with Gasteiger partial charge in [0.05, 0.1) is 13.7 Å². The molecule has 1 aromatic rings.